The van der Waals surface area contributed by atoms with Crippen LogP contribution in [0.4, 0.5) is 0 Å². The first-order valence-corrected chi connectivity index (χ1v) is 8.75. The van der Waals surface area contributed by atoms with E-state index < -0.39 is 22.5 Å². The lowest BCUT2D eigenvalue weighted by atomic mass is 10.3. The van der Waals surface area contributed by atoms with Crippen LogP contribution >= 0.6 is 15.9 Å². The van der Waals surface area contributed by atoms with Gasteiger partial charge < -0.3 is 9.84 Å². The Hall–Kier alpha value is -1.12. The first-order chi connectivity index (χ1) is 9.86. The van der Waals surface area contributed by atoms with Gasteiger partial charge in [-0.15, -0.1) is 0 Å². The lowest BCUT2D eigenvalue weighted by Crippen LogP contribution is -2.37. The average molecular weight is 378 g/mol. The van der Waals surface area contributed by atoms with E-state index in [9.17, 15) is 13.2 Å². The van der Waals surface area contributed by atoms with Crippen LogP contribution in [0.15, 0.2) is 27.6 Å². The van der Waals surface area contributed by atoms with Crippen molar-refractivity contribution in [3.8, 4) is 5.75 Å². The summed E-state index contributed by atoms with van der Waals surface area (Å²) in [6.07, 6.45) is 1.37. The number of aliphatic carboxylic acids is 1. The van der Waals surface area contributed by atoms with Gasteiger partial charge in [-0.2, -0.15) is 4.31 Å². The van der Waals surface area contributed by atoms with Crippen molar-refractivity contribution >= 4 is 31.9 Å². The van der Waals surface area contributed by atoms with Gasteiger partial charge in [0, 0.05) is 10.5 Å². The quantitative estimate of drug-likeness (QED) is 0.786. The molecule has 0 radical (unpaired) electrons. The summed E-state index contributed by atoms with van der Waals surface area (Å²) in [7, 11) is -3.91. The fourth-order valence-corrected chi connectivity index (χ4v) is 4.30. The van der Waals surface area contributed by atoms with Gasteiger partial charge in [0.15, 0.2) is 0 Å². The Balaban J connectivity index is 2.46. The van der Waals surface area contributed by atoms with Gasteiger partial charge in [0.25, 0.3) is 0 Å². The molecule has 6 nitrogen and oxygen atoms in total. The maximum absolute atomic E-state index is 12.8. The van der Waals surface area contributed by atoms with E-state index in [-0.39, 0.29) is 16.7 Å². The second-order valence-electron chi connectivity index (χ2n) is 4.70. The minimum absolute atomic E-state index is 0.00752. The predicted octanol–water partition coefficient (Wildman–Crippen LogP) is 2.09. The monoisotopic (exact) mass is 377 g/mol. The molecule has 1 aliphatic carbocycles. The zero-order chi connectivity index (χ0) is 15.6. The number of hydrogen-bond acceptors (Lipinski definition) is 4. The number of nitrogens with zero attached hydrogens (tertiary/aromatic N) is 1. The summed E-state index contributed by atoms with van der Waals surface area (Å²) in [4.78, 5) is 10.9. The van der Waals surface area contributed by atoms with E-state index in [1.54, 1.807) is 19.1 Å². The topological polar surface area (TPSA) is 83.9 Å². The molecule has 0 aromatic heterocycles. The molecule has 1 aromatic carbocycles. The molecule has 0 atom stereocenters. The molecular weight excluding hydrogens is 362 g/mol. The fourth-order valence-electron chi connectivity index (χ4n) is 1.99. The van der Waals surface area contributed by atoms with Crippen LogP contribution in [-0.4, -0.2) is 43.0 Å². The van der Waals surface area contributed by atoms with Crippen molar-refractivity contribution in [2.24, 2.45) is 0 Å². The summed E-state index contributed by atoms with van der Waals surface area (Å²) in [5.74, 6) is -0.935. The summed E-state index contributed by atoms with van der Waals surface area (Å²) < 4.78 is 32.5. The molecule has 0 heterocycles. The number of carboxylic acids is 1. The summed E-state index contributed by atoms with van der Waals surface area (Å²) in [6, 6.07) is 4.45. The van der Waals surface area contributed by atoms with Gasteiger partial charge in [-0.3, -0.25) is 4.79 Å². The van der Waals surface area contributed by atoms with Crippen LogP contribution in [0.25, 0.3) is 0 Å². The van der Waals surface area contributed by atoms with Crippen molar-refractivity contribution in [2.45, 2.75) is 30.7 Å². The molecule has 21 heavy (non-hydrogen) atoms. The Labute approximate surface area is 131 Å². The normalized spacial score (nSPS) is 15.2. The largest absolute Gasteiger partial charge is 0.492 e. The average Bonchev–Trinajstić information content (AvgIpc) is 3.22. The second kappa shape index (κ2) is 6.33. The third-order valence-electron chi connectivity index (χ3n) is 3.04. The van der Waals surface area contributed by atoms with Crippen molar-refractivity contribution in [2.75, 3.05) is 13.2 Å². The van der Waals surface area contributed by atoms with Crippen LogP contribution in [0, 0.1) is 0 Å². The molecule has 0 spiro atoms. The highest BCUT2D eigenvalue weighted by atomic mass is 79.9. The van der Waals surface area contributed by atoms with Crippen LogP contribution in [0.5, 0.6) is 5.75 Å². The smallest absolute Gasteiger partial charge is 0.318 e. The number of rotatable bonds is 7. The van der Waals surface area contributed by atoms with Gasteiger partial charge in [-0.05, 0) is 38.0 Å². The molecule has 2 rings (SSSR count). The summed E-state index contributed by atoms with van der Waals surface area (Å²) in [5.41, 5.74) is 0. The van der Waals surface area contributed by atoms with E-state index in [0.717, 1.165) is 4.31 Å². The van der Waals surface area contributed by atoms with Gasteiger partial charge >= 0.3 is 5.97 Å². The van der Waals surface area contributed by atoms with E-state index >= 15 is 0 Å². The van der Waals surface area contributed by atoms with E-state index in [2.05, 4.69) is 15.9 Å². The highest BCUT2D eigenvalue weighted by molar-refractivity contribution is 9.10. The Morgan fingerprint density at radius 3 is 2.67 bits per heavy atom. The minimum Gasteiger partial charge on any atom is -0.492 e. The van der Waals surface area contributed by atoms with Crippen LogP contribution in [0.3, 0.4) is 0 Å². The fraction of sp³-hybridized carbons (Fsp3) is 0.462. The molecule has 0 unspecified atom stereocenters. The second-order valence-corrected chi connectivity index (χ2v) is 7.47. The standard InChI is InChI=1S/C13H16BrNO5S/c1-2-20-11-6-3-9(14)7-12(11)21(18,19)15(8-13(16)17)10-4-5-10/h3,6-7,10H,2,4-5,8H2,1H3,(H,16,17). The van der Waals surface area contributed by atoms with E-state index in [4.69, 9.17) is 9.84 Å². The number of carboxylic acid groups (broad SMARTS) is 1. The van der Waals surface area contributed by atoms with Crippen LogP contribution < -0.4 is 4.74 Å². The van der Waals surface area contributed by atoms with Gasteiger partial charge in [0.1, 0.15) is 17.2 Å². The number of benzene rings is 1. The molecule has 116 valence electrons. The van der Waals surface area contributed by atoms with Gasteiger partial charge in [-0.1, -0.05) is 15.9 Å². The van der Waals surface area contributed by atoms with Gasteiger partial charge in [0.2, 0.25) is 10.0 Å². The van der Waals surface area contributed by atoms with Crippen molar-refractivity contribution in [3.05, 3.63) is 22.7 Å². The van der Waals surface area contributed by atoms with Crippen molar-refractivity contribution in [1.29, 1.82) is 0 Å². The summed E-state index contributed by atoms with van der Waals surface area (Å²) in [5, 5.41) is 8.95. The summed E-state index contributed by atoms with van der Waals surface area (Å²) in [6.45, 7) is 1.55. The SMILES string of the molecule is CCOc1ccc(Br)cc1S(=O)(=O)N(CC(=O)O)C1CC1. The van der Waals surface area contributed by atoms with Gasteiger partial charge in [-0.25, -0.2) is 8.42 Å². The van der Waals surface area contributed by atoms with Crippen molar-refractivity contribution in [3.63, 3.8) is 0 Å². The van der Waals surface area contributed by atoms with E-state index in [0.29, 0.717) is 23.9 Å². The van der Waals surface area contributed by atoms with E-state index in [1.165, 1.54) is 6.07 Å². The van der Waals surface area contributed by atoms with Crippen LogP contribution in [0.2, 0.25) is 0 Å². The van der Waals surface area contributed by atoms with E-state index in [1.807, 2.05) is 0 Å². The minimum atomic E-state index is -3.91. The van der Waals surface area contributed by atoms with Gasteiger partial charge in [0.05, 0.1) is 6.61 Å². The molecular formula is C13H16BrNO5S. The lowest BCUT2D eigenvalue weighted by molar-refractivity contribution is -0.137. The summed E-state index contributed by atoms with van der Waals surface area (Å²) >= 11 is 3.24. The third kappa shape index (κ3) is 3.75. The molecule has 1 aromatic rings. The van der Waals surface area contributed by atoms with Crippen molar-refractivity contribution in [1.82, 2.24) is 4.31 Å². The molecule has 0 bridgehead atoms. The molecule has 0 saturated heterocycles. The lowest BCUT2D eigenvalue weighted by Gasteiger charge is -2.21. The zero-order valence-corrected chi connectivity index (χ0v) is 13.9. The first kappa shape index (κ1) is 16.3. The predicted molar refractivity (Wildman–Crippen MR) is 79.9 cm³/mol. The number of hydrogen-bond donors (Lipinski definition) is 1. The number of ether oxygens (including phenoxy) is 1. The highest BCUT2D eigenvalue weighted by Gasteiger charge is 2.40. The molecule has 0 amide bonds. The third-order valence-corrected chi connectivity index (χ3v) is 5.45. The Morgan fingerprint density at radius 1 is 1.48 bits per heavy atom. The number of carbonyl (C=O) groups is 1. The molecule has 1 saturated carbocycles. The molecule has 1 aliphatic rings. The molecule has 0 aliphatic heterocycles. The Morgan fingerprint density at radius 2 is 2.14 bits per heavy atom. The van der Waals surface area contributed by atoms with Crippen molar-refractivity contribution < 1.29 is 23.1 Å². The first-order valence-electron chi connectivity index (χ1n) is 6.52. The maximum atomic E-state index is 12.8. The maximum Gasteiger partial charge on any atom is 0.318 e. The molecule has 1 N–H and O–H groups in total. The molecule has 1 fully saturated rings. The van der Waals surface area contributed by atoms with Crippen LogP contribution in [-0.2, 0) is 14.8 Å². The number of sulfonamides is 1. The number of halogens is 1. The van der Waals surface area contributed by atoms with Crippen LogP contribution in [0.1, 0.15) is 19.8 Å². The highest BCUT2D eigenvalue weighted by Crippen LogP contribution is 2.36. The zero-order valence-electron chi connectivity index (χ0n) is 11.5. The Bertz CT molecular complexity index is 642. The molecule has 8 heteroatoms. The Kier molecular flexibility index (Phi) is 4.90.